The number of anilines is 2. The van der Waals surface area contributed by atoms with Crippen LogP contribution in [0.4, 0.5) is 24.9 Å². The summed E-state index contributed by atoms with van der Waals surface area (Å²) in [6, 6.07) is 6.77. The summed E-state index contributed by atoms with van der Waals surface area (Å²) < 4.78 is 38.4. The fourth-order valence-corrected chi connectivity index (χ4v) is 2.67. The van der Waals surface area contributed by atoms with Gasteiger partial charge in [-0.3, -0.25) is 0 Å². The van der Waals surface area contributed by atoms with Crippen molar-refractivity contribution in [3.8, 4) is 16.8 Å². The summed E-state index contributed by atoms with van der Waals surface area (Å²) in [5, 5.41) is 10.8. The van der Waals surface area contributed by atoms with Crippen molar-refractivity contribution in [2.45, 2.75) is 11.3 Å². The van der Waals surface area contributed by atoms with E-state index in [4.69, 9.17) is 11.5 Å². The smallest absolute Gasteiger partial charge is 0.383 e. The second-order valence-electron chi connectivity index (χ2n) is 4.85. The summed E-state index contributed by atoms with van der Waals surface area (Å²) >= 11 is 0.498. The fraction of sp³-hybridized carbons (Fsp3) is 0.154. The summed E-state index contributed by atoms with van der Waals surface area (Å²) in [5.74, 6) is -0.858. The van der Waals surface area contributed by atoms with E-state index in [2.05, 4.69) is 25.5 Å². The highest BCUT2D eigenvalue weighted by Gasteiger charge is 2.28. The predicted octanol–water partition coefficient (Wildman–Crippen LogP) is 1.94. The van der Waals surface area contributed by atoms with Crippen LogP contribution in [0, 0.1) is 0 Å². The van der Waals surface area contributed by atoms with Crippen LogP contribution in [0.3, 0.4) is 0 Å². The maximum atomic E-state index is 12.4. The first kappa shape index (κ1) is 17.0. The van der Waals surface area contributed by atoms with Gasteiger partial charge in [-0.2, -0.15) is 22.8 Å². The average molecular weight is 368 g/mol. The van der Waals surface area contributed by atoms with Crippen LogP contribution in [0.2, 0.25) is 0 Å². The molecule has 12 heteroatoms. The molecule has 25 heavy (non-hydrogen) atoms. The van der Waals surface area contributed by atoms with Crippen LogP contribution in [0.15, 0.2) is 35.6 Å². The lowest BCUT2D eigenvalue weighted by Crippen LogP contribution is -2.11. The van der Waals surface area contributed by atoms with E-state index in [9.17, 15) is 13.2 Å². The van der Waals surface area contributed by atoms with Crippen molar-refractivity contribution in [3.05, 3.63) is 30.5 Å². The molecule has 130 valence electrons. The largest absolute Gasteiger partial charge is 0.398 e. The quantitative estimate of drug-likeness (QED) is 0.670. The lowest BCUT2D eigenvalue weighted by Gasteiger charge is -2.09. The molecule has 4 N–H and O–H groups in total. The van der Waals surface area contributed by atoms with Crippen LogP contribution < -0.4 is 11.5 Å². The van der Waals surface area contributed by atoms with E-state index in [0.717, 1.165) is 0 Å². The molecular weight excluding hydrogens is 357 g/mol. The Balaban J connectivity index is 1.94. The lowest BCUT2D eigenvalue weighted by atomic mass is 10.1. The number of halogens is 3. The minimum atomic E-state index is -4.32. The Bertz CT molecular complexity index is 895. The van der Waals surface area contributed by atoms with E-state index < -0.39 is 11.9 Å². The van der Waals surface area contributed by atoms with Gasteiger partial charge in [0.15, 0.2) is 0 Å². The van der Waals surface area contributed by atoms with E-state index in [1.165, 1.54) is 10.9 Å². The van der Waals surface area contributed by atoms with Crippen molar-refractivity contribution in [1.29, 1.82) is 0 Å². The van der Waals surface area contributed by atoms with Gasteiger partial charge < -0.3 is 11.5 Å². The third kappa shape index (κ3) is 3.96. The van der Waals surface area contributed by atoms with E-state index in [-0.39, 0.29) is 16.9 Å². The molecular formula is C13H11F3N8S. The van der Waals surface area contributed by atoms with Gasteiger partial charge in [0, 0.05) is 11.8 Å². The van der Waals surface area contributed by atoms with Crippen LogP contribution in [-0.2, 0) is 0 Å². The summed E-state index contributed by atoms with van der Waals surface area (Å²) in [4.78, 5) is 7.78. The molecule has 0 saturated carbocycles. The van der Waals surface area contributed by atoms with Crippen molar-refractivity contribution < 1.29 is 13.2 Å². The summed E-state index contributed by atoms with van der Waals surface area (Å²) in [7, 11) is 0. The van der Waals surface area contributed by atoms with Gasteiger partial charge in [0.05, 0.1) is 11.4 Å². The SMILES string of the molecule is Nc1ncc(-c2cccc(-n3nnnc3SCC(F)(F)F)c2)c(N)n1. The number of nitrogens with two attached hydrogens (primary N) is 2. The molecule has 0 aliphatic rings. The van der Waals surface area contributed by atoms with E-state index in [0.29, 0.717) is 28.6 Å². The molecule has 0 atom stereocenters. The van der Waals surface area contributed by atoms with E-state index >= 15 is 0 Å². The maximum absolute atomic E-state index is 12.4. The normalized spacial score (nSPS) is 11.6. The molecule has 0 amide bonds. The molecule has 3 aromatic rings. The molecule has 1 aromatic carbocycles. The number of nitrogens with zero attached hydrogens (tertiary/aromatic N) is 6. The van der Waals surface area contributed by atoms with E-state index in [1.54, 1.807) is 24.3 Å². The Labute approximate surface area is 143 Å². The number of alkyl halides is 3. The molecule has 2 heterocycles. The number of thioether (sulfide) groups is 1. The summed E-state index contributed by atoms with van der Waals surface area (Å²) in [6.45, 7) is 0. The predicted molar refractivity (Wildman–Crippen MR) is 85.8 cm³/mol. The van der Waals surface area contributed by atoms with Crippen LogP contribution >= 0.6 is 11.8 Å². The highest BCUT2D eigenvalue weighted by atomic mass is 32.2. The number of rotatable bonds is 4. The van der Waals surface area contributed by atoms with Crippen molar-refractivity contribution in [2.75, 3.05) is 17.2 Å². The Kier molecular flexibility index (Phi) is 4.44. The first-order chi connectivity index (χ1) is 11.8. The topological polar surface area (TPSA) is 121 Å². The molecule has 0 saturated heterocycles. The molecule has 0 unspecified atom stereocenters. The number of hydrogen-bond donors (Lipinski definition) is 2. The van der Waals surface area contributed by atoms with Crippen LogP contribution in [0.1, 0.15) is 0 Å². The van der Waals surface area contributed by atoms with Gasteiger partial charge in [0.1, 0.15) is 5.82 Å². The Morgan fingerprint density at radius 1 is 1.20 bits per heavy atom. The zero-order chi connectivity index (χ0) is 18.0. The average Bonchev–Trinajstić information content (AvgIpc) is 3.01. The van der Waals surface area contributed by atoms with Crippen molar-refractivity contribution in [2.24, 2.45) is 0 Å². The van der Waals surface area contributed by atoms with Crippen LogP contribution in [-0.4, -0.2) is 42.1 Å². The number of hydrogen-bond acceptors (Lipinski definition) is 8. The maximum Gasteiger partial charge on any atom is 0.398 e. The standard InChI is InChI=1S/C13H11F3N8S/c14-13(15,16)6-25-12-21-22-23-24(12)8-3-1-2-7(4-8)9-5-19-11(18)20-10(9)17/h1-5H,6H2,(H4,17,18,19,20). The summed E-state index contributed by atoms with van der Waals surface area (Å²) in [5.41, 5.74) is 13.0. The number of nitrogen functional groups attached to an aromatic ring is 2. The van der Waals surface area contributed by atoms with Gasteiger partial charge in [-0.25, -0.2) is 4.98 Å². The molecule has 0 fully saturated rings. The molecule has 0 spiro atoms. The number of aromatic nitrogens is 6. The van der Waals surface area contributed by atoms with Crippen molar-refractivity contribution in [1.82, 2.24) is 30.2 Å². The fourth-order valence-electron chi connectivity index (χ4n) is 2.01. The van der Waals surface area contributed by atoms with Gasteiger partial charge >= 0.3 is 6.18 Å². The Hall–Kier alpha value is -2.89. The van der Waals surface area contributed by atoms with Crippen molar-refractivity contribution >= 4 is 23.5 Å². The van der Waals surface area contributed by atoms with Gasteiger partial charge in [0.2, 0.25) is 11.1 Å². The van der Waals surface area contributed by atoms with Crippen LogP contribution in [0.5, 0.6) is 0 Å². The minimum Gasteiger partial charge on any atom is -0.383 e. The minimum absolute atomic E-state index is 0.0241. The molecule has 3 rings (SSSR count). The molecule has 0 bridgehead atoms. The highest BCUT2D eigenvalue weighted by molar-refractivity contribution is 7.99. The third-order valence-electron chi connectivity index (χ3n) is 3.04. The monoisotopic (exact) mass is 368 g/mol. The highest BCUT2D eigenvalue weighted by Crippen LogP contribution is 2.29. The first-order valence-electron chi connectivity index (χ1n) is 6.80. The molecule has 0 aliphatic carbocycles. The molecule has 0 radical (unpaired) electrons. The van der Waals surface area contributed by atoms with Gasteiger partial charge in [-0.1, -0.05) is 23.9 Å². The van der Waals surface area contributed by atoms with Gasteiger partial charge in [-0.15, -0.1) is 5.10 Å². The number of benzene rings is 1. The Morgan fingerprint density at radius 2 is 2.00 bits per heavy atom. The van der Waals surface area contributed by atoms with Crippen molar-refractivity contribution in [3.63, 3.8) is 0 Å². The molecule has 2 aromatic heterocycles. The van der Waals surface area contributed by atoms with Crippen LogP contribution in [0.25, 0.3) is 16.8 Å². The number of tetrazole rings is 1. The summed E-state index contributed by atoms with van der Waals surface area (Å²) in [6.07, 6.45) is -2.85. The zero-order valence-corrected chi connectivity index (χ0v) is 13.3. The molecule has 0 aliphatic heterocycles. The van der Waals surface area contributed by atoms with Gasteiger partial charge in [0.25, 0.3) is 0 Å². The third-order valence-corrected chi connectivity index (χ3v) is 4.03. The van der Waals surface area contributed by atoms with E-state index in [1.807, 2.05) is 0 Å². The first-order valence-corrected chi connectivity index (χ1v) is 7.79. The zero-order valence-electron chi connectivity index (χ0n) is 12.5. The Morgan fingerprint density at radius 3 is 2.72 bits per heavy atom. The van der Waals surface area contributed by atoms with Gasteiger partial charge in [-0.05, 0) is 28.1 Å². The second-order valence-corrected chi connectivity index (χ2v) is 5.80. The lowest BCUT2D eigenvalue weighted by molar-refractivity contribution is -0.105. The molecule has 8 nitrogen and oxygen atoms in total. The second kappa shape index (κ2) is 6.55.